The Morgan fingerprint density at radius 3 is 2.30 bits per heavy atom. The van der Waals surface area contributed by atoms with Gasteiger partial charge in [-0.1, -0.05) is 39.0 Å². The lowest BCUT2D eigenvalue weighted by atomic mass is 9.87. The predicted molar refractivity (Wildman–Crippen MR) is 125 cm³/mol. The van der Waals surface area contributed by atoms with Crippen LogP contribution in [0.4, 0.5) is 10.7 Å². The van der Waals surface area contributed by atoms with Crippen LogP contribution in [-0.2, 0) is 5.41 Å². The molecule has 0 spiro atoms. The fourth-order valence-electron chi connectivity index (χ4n) is 3.89. The monoisotopic (exact) mass is 421 g/mol. The summed E-state index contributed by atoms with van der Waals surface area (Å²) in [7, 11) is 0. The first-order chi connectivity index (χ1) is 14.2. The molecular weight excluding hydrogens is 394 g/mol. The average Bonchev–Trinajstić information content (AvgIpc) is 3.34. The molecule has 1 aromatic heterocycles. The van der Waals surface area contributed by atoms with Gasteiger partial charge in [-0.3, -0.25) is 9.59 Å². The van der Waals surface area contributed by atoms with Crippen LogP contribution >= 0.6 is 11.3 Å². The molecule has 0 atom stereocenters. The van der Waals surface area contributed by atoms with Gasteiger partial charge >= 0.3 is 0 Å². The highest BCUT2D eigenvalue weighted by molar-refractivity contribution is 7.23. The van der Waals surface area contributed by atoms with Crippen molar-refractivity contribution in [2.24, 2.45) is 5.73 Å². The second kappa shape index (κ2) is 7.76. The van der Waals surface area contributed by atoms with Gasteiger partial charge in [0.2, 0.25) is 0 Å². The van der Waals surface area contributed by atoms with Gasteiger partial charge < -0.3 is 16.0 Å². The lowest BCUT2D eigenvalue weighted by molar-refractivity contribution is 0.100. The van der Waals surface area contributed by atoms with E-state index in [2.05, 4.69) is 37.1 Å². The lowest BCUT2D eigenvalue weighted by Gasteiger charge is -2.19. The summed E-state index contributed by atoms with van der Waals surface area (Å²) >= 11 is 1.40. The van der Waals surface area contributed by atoms with Crippen molar-refractivity contribution in [2.75, 3.05) is 23.3 Å². The van der Waals surface area contributed by atoms with E-state index in [0.717, 1.165) is 34.4 Å². The minimum absolute atomic E-state index is 0.0205. The third kappa shape index (κ3) is 3.92. The van der Waals surface area contributed by atoms with E-state index in [-0.39, 0.29) is 11.3 Å². The Bertz CT molecular complexity index is 1100. The van der Waals surface area contributed by atoms with Crippen LogP contribution in [0, 0.1) is 0 Å². The molecule has 0 aliphatic carbocycles. The standard InChI is InChI=1S/C24H27N3O2S/c1-24(2,3)16-8-6-15(7-9-16)22(29)26-23-20(21(25)28)18-11-10-17(14-19(18)30-23)27-12-4-5-13-27/h6-11,14H,4-5,12-13H2,1-3H3,(H2,25,28)(H,26,29). The predicted octanol–water partition coefficient (Wildman–Crippen LogP) is 5.15. The smallest absolute Gasteiger partial charge is 0.256 e. The molecule has 1 saturated heterocycles. The number of nitrogens with zero attached hydrogens (tertiary/aromatic N) is 1. The highest BCUT2D eigenvalue weighted by atomic mass is 32.1. The van der Waals surface area contributed by atoms with E-state index in [1.807, 2.05) is 36.4 Å². The molecule has 30 heavy (non-hydrogen) atoms. The first kappa shape index (κ1) is 20.4. The Balaban J connectivity index is 1.64. The van der Waals surface area contributed by atoms with Crippen LogP contribution in [0.1, 0.15) is 59.9 Å². The van der Waals surface area contributed by atoms with Crippen molar-refractivity contribution in [3.63, 3.8) is 0 Å². The van der Waals surface area contributed by atoms with Crippen molar-refractivity contribution in [3.05, 3.63) is 59.2 Å². The van der Waals surface area contributed by atoms with Gasteiger partial charge in [0.15, 0.2) is 0 Å². The minimum Gasteiger partial charge on any atom is -0.371 e. The van der Waals surface area contributed by atoms with Gasteiger partial charge in [0.1, 0.15) is 5.00 Å². The Morgan fingerprint density at radius 2 is 1.70 bits per heavy atom. The van der Waals surface area contributed by atoms with Crippen LogP contribution in [-0.4, -0.2) is 24.9 Å². The SMILES string of the molecule is CC(C)(C)c1ccc(C(=O)Nc2sc3cc(N4CCCC4)ccc3c2C(N)=O)cc1. The molecule has 1 fully saturated rings. The van der Waals surface area contributed by atoms with Crippen molar-refractivity contribution < 1.29 is 9.59 Å². The fraction of sp³-hybridized carbons (Fsp3) is 0.333. The third-order valence-electron chi connectivity index (χ3n) is 5.63. The summed E-state index contributed by atoms with van der Waals surface area (Å²) in [5.74, 6) is -0.780. The molecule has 2 amide bonds. The van der Waals surface area contributed by atoms with E-state index >= 15 is 0 Å². The topological polar surface area (TPSA) is 75.4 Å². The van der Waals surface area contributed by atoms with Gasteiger partial charge in [0.25, 0.3) is 11.8 Å². The van der Waals surface area contributed by atoms with Crippen LogP contribution in [0.3, 0.4) is 0 Å². The number of carbonyl (C=O) groups excluding carboxylic acids is 2. The summed E-state index contributed by atoms with van der Waals surface area (Å²) in [6.45, 7) is 8.50. The van der Waals surface area contributed by atoms with E-state index in [1.54, 1.807) is 0 Å². The number of carbonyl (C=O) groups is 2. The highest BCUT2D eigenvalue weighted by Gasteiger charge is 2.21. The lowest BCUT2D eigenvalue weighted by Crippen LogP contribution is -2.17. The van der Waals surface area contributed by atoms with Gasteiger partial charge in [0.05, 0.1) is 5.56 Å². The fourth-order valence-corrected chi connectivity index (χ4v) is 5.02. The number of nitrogens with one attached hydrogen (secondary N) is 1. The Kier molecular flexibility index (Phi) is 5.28. The van der Waals surface area contributed by atoms with Crippen molar-refractivity contribution in [1.82, 2.24) is 0 Å². The normalized spacial score (nSPS) is 14.3. The van der Waals surface area contributed by atoms with Gasteiger partial charge in [-0.2, -0.15) is 0 Å². The molecule has 1 aliphatic rings. The molecule has 6 heteroatoms. The van der Waals surface area contributed by atoms with Gasteiger partial charge in [0, 0.05) is 34.4 Å². The first-order valence-corrected chi connectivity index (χ1v) is 11.1. The number of hydrogen-bond donors (Lipinski definition) is 2. The number of hydrogen-bond acceptors (Lipinski definition) is 4. The zero-order valence-corrected chi connectivity index (χ0v) is 18.4. The molecule has 0 unspecified atom stereocenters. The number of benzene rings is 2. The number of amides is 2. The molecule has 0 radical (unpaired) electrons. The van der Waals surface area contributed by atoms with Crippen LogP contribution in [0.15, 0.2) is 42.5 Å². The Hall–Kier alpha value is -2.86. The number of rotatable bonds is 4. The average molecular weight is 422 g/mol. The van der Waals surface area contributed by atoms with E-state index in [1.165, 1.54) is 24.2 Å². The number of primary amides is 1. The van der Waals surface area contributed by atoms with Crippen molar-refractivity contribution in [2.45, 2.75) is 39.0 Å². The van der Waals surface area contributed by atoms with E-state index in [9.17, 15) is 9.59 Å². The number of anilines is 2. The van der Waals surface area contributed by atoms with Crippen LogP contribution in [0.2, 0.25) is 0 Å². The van der Waals surface area contributed by atoms with Crippen molar-refractivity contribution >= 4 is 43.9 Å². The quantitative estimate of drug-likeness (QED) is 0.612. The maximum atomic E-state index is 12.8. The Labute approximate surface area is 180 Å². The van der Waals surface area contributed by atoms with Crippen LogP contribution < -0.4 is 16.0 Å². The minimum atomic E-state index is -0.534. The molecule has 2 aromatic carbocycles. The van der Waals surface area contributed by atoms with Crippen molar-refractivity contribution in [3.8, 4) is 0 Å². The van der Waals surface area contributed by atoms with Crippen molar-refractivity contribution in [1.29, 1.82) is 0 Å². The number of thiophene rings is 1. The van der Waals surface area contributed by atoms with E-state index < -0.39 is 5.91 Å². The summed E-state index contributed by atoms with van der Waals surface area (Å²) in [6, 6.07) is 13.6. The zero-order chi connectivity index (χ0) is 21.5. The van der Waals surface area contributed by atoms with E-state index in [0.29, 0.717) is 16.1 Å². The summed E-state index contributed by atoms with van der Waals surface area (Å²) in [6.07, 6.45) is 2.40. The molecular formula is C24H27N3O2S. The maximum absolute atomic E-state index is 12.8. The summed E-state index contributed by atoms with van der Waals surface area (Å²) in [5.41, 5.74) is 8.93. The molecule has 3 N–H and O–H groups in total. The molecule has 3 aromatic rings. The second-order valence-electron chi connectivity index (χ2n) is 8.83. The molecule has 0 bridgehead atoms. The number of fused-ring (bicyclic) bond motifs is 1. The molecule has 1 aliphatic heterocycles. The molecule has 5 nitrogen and oxygen atoms in total. The highest BCUT2D eigenvalue weighted by Crippen LogP contribution is 2.38. The van der Waals surface area contributed by atoms with Crippen LogP contribution in [0.5, 0.6) is 0 Å². The molecule has 4 rings (SSSR count). The zero-order valence-electron chi connectivity index (χ0n) is 17.6. The van der Waals surface area contributed by atoms with Gasteiger partial charge in [-0.05, 0) is 48.1 Å². The second-order valence-corrected chi connectivity index (χ2v) is 9.88. The Morgan fingerprint density at radius 1 is 1.03 bits per heavy atom. The molecule has 2 heterocycles. The summed E-state index contributed by atoms with van der Waals surface area (Å²) in [4.78, 5) is 27.4. The van der Waals surface area contributed by atoms with Gasteiger partial charge in [-0.25, -0.2) is 0 Å². The molecule has 0 saturated carbocycles. The van der Waals surface area contributed by atoms with Crippen LogP contribution in [0.25, 0.3) is 10.1 Å². The van der Waals surface area contributed by atoms with E-state index in [4.69, 9.17) is 5.73 Å². The largest absolute Gasteiger partial charge is 0.371 e. The summed E-state index contributed by atoms with van der Waals surface area (Å²) < 4.78 is 0.951. The third-order valence-corrected chi connectivity index (χ3v) is 6.70. The molecule has 156 valence electrons. The maximum Gasteiger partial charge on any atom is 0.256 e. The number of nitrogens with two attached hydrogens (primary N) is 1. The summed E-state index contributed by atoms with van der Waals surface area (Å²) in [5, 5.41) is 4.20. The first-order valence-electron chi connectivity index (χ1n) is 10.3. The van der Waals surface area contributed by atoms with Gasteiger partial charge in [-0.15, -0.1) is 11.3 Å².